The highest BCUT2D eigenvalue weighted by Gasteiger charge is 2.24. The lowest BCUT2D eigenvalue weighted by atomic mass is 10.1. The van der Waals surface area contributed by atoms with Gasteiger partial charge >= 0.3 is 0 Å². The summed E-state index contributed by atoms with van der Waals surface area (Å²) >= 11 is 0. The normalized spacial score (nSPS) is 11.7. The Morgan fingerprint density at radius 2 is 1.80 bits per heavy atom. The predicted molar refractivity (Wildman–Crippen MR) is 92.2 cm³/mol. The Balaban J connectivity index is 1.96. The lowest BCUT2D eigenvalue weighted by Gasteiger charge is -2.17. The zero-order valence-electron chi connectivity index (χ0n) is 13.5. The molecule has 2 N–H and O–H groups in total. The quantitative estimate of drug-likeness (QED) is 0.741. The van der Waals surface area contributed by atoms with Crippen molar-refractivity contribution in [2.45, 2.75) is 6.04 Å². The third-order valence-corrected chi connectivity index (χ3v) is 3.78. The molecule has 3 rings (SSSR count). The van der Waals surface area contributed by atoms with E-state index in [1.807, 2.05) is 6.07 Å². The maximum absolute atomic E-state index is 12.6. The summed E-state index contributed by atoms with van der Waals surface area (Å²) in [4.78, 5) is 41.3. The van der Waals surface area contributed by atoms with E-state index in [1.165, 1.54) is 23.8 Å². The van der Waals surface area contributed by atoms with Crippen molar-refractivity contribution in [1.82, 2.24) is 20.0 Å². The van der Waals surface area contributed by atoms with Crippen LogP contribution in [0.3, 0.4) is 0 Å². The Bertz CT molecular complexity index is 982. The molecule has 2 aromatic heterocycles. The average Bonchev–Trinajstić information content (AvgIpc) is 2.66. The molecule has 0 saturated carbocycles. The number of hydrogen-bond acceptors (Lipinski definition) is 4. The van der Waals surface area contributed by atoms with Crippen LogP contribution >= 0.6 is 0 Å². The monoisotopic (exact) mass is 336 g/mol. The molecule has 0 aliphatic carbocycles. The van der Waals surface area contributed by atoms with Crippen LogP contribution in [0.4, 0.5) is 0 Å². The molecule has 0 fully saturated rings. The SMILES string of the molecule is CNC(=O)C(NC(=O)c1cnc2ccccn2c1=O)c1ccccc1. The first kappa shape index (κ1) is 16.4. The van der Waals surface area contributed by atoms with E-state index in [9.17, 15) is 14.4 Å². The molecule has 1 atom stereocenters. The zero-order chi connectivity index (χ0) is 17.8. The number of benzene rings is 1. The van der Waals surface area contributed by atoms with Crippen molar-refractivity contribution in [2.75, 3.05) is 7.05 Å². The molecule has 1 aromatic carbocycles. The molecule has 126 valence electrons. The molecule has 25 heavy (non-hydrogen) atoms. The topological polar surface area (TPSA) is 92.6 Å². The van der Waals surface area contributed by atoms with Gasteiger partial charge in [-0.3, -0.25) is 18.8 Å². The highest BCUT2D eigenvalue weighted by atomic mass is 16.2. The van der Waals surface area contributed by atoms with Gasteiger partial charge in [0.2, 0.25) is 5.91 Å². The van der Waals surface area contributed by atoms with E-state index in [4.69, 9.17) is 0 Å². The van der Waals surface area contributed by atoms with E-state index in [2.05, 4.69) is 15.6 Å². The van der Waals surface area contributed by atoms with Crippen molar-refractivity contribution in [3.8, 4) is 0 Å². The number of carbonyl (C=O) groups excluding carboxylic acids is 2. The van der Waals surface area contributed by atoms with Gasteiger partial charge in [0.25, 0.3) is 11.5 Å². The number of nitrogens with one attached hydrogen (secondary N) is 2. The fourth-order valence-corrected chi connectivity index (χ4v) is 2.48. The van der Waals surface area contributed by atoms with Crippen LogP contribution in [0.2, 0.25) is 0 Å². The maximum Gasteiger partial charge on any atom is 0.270 e. The van der Waals surface area contributed by atoms with Crippen molar-refractivity contribution in [2.24, 2.45) is 0 Å². The van der Waals surface area contributed by atoms with Crippen LogP contribution in [0, 0.1) is 0 Å². The van der Waals surface area contributed by atoms with Gasteiger partial charge in [0.05, 0.1) is 0 Å². The van der Waals surface area contributed by atoms with E-state index in [-0.39, 0.29) is 11.5 Å². The Labute approximate surface area is 143 Å². The second-order valence-electron chi connectivity index (χ2n) is 5.34. The van der Waals surface area contributed by atoms with Crippen LogP contribution in [0.1, 0.15) is 22.0 Å². The molecule has 7 nitrogen and oxygen atoms in total. The predicted octanol–water partition coefficient (Wildman–Crippen LogP) is 0.912. The molecule has 2 amide bonds. The summed E-state index contributed by atoms with van der Waals surface area (Å²) in [6.07, 6.45) is 2.76. The molecule has 0 bridgehead atoms. The standard InChI is InChI=1S/C18H16N4O3/c1-19-17(24)15(12-7-3-2-4-8-12)21-16(23)13-11-20-14-9-5-6-10-22(14)18(13)25/h2-11,15H,1H3,(H,19,24)(H,21,23). The largest absolute Gasteiger partial charge is 0.357 e. The smallest absolute Gasteiger partial charge is 0.270 e. The molecule has 7 heteroatoms. The Kier molecular flexibility index (Phi) is 4.56. The molecule has 0 spiro atoms. The Hall–Kier alpha value is -3.48. The summed E-state index contributed by atoms with van der Waals surface area (Å²) in [7, 11) is 1.48. The van der Waals surface area contributed by atoms with Gasteiger partial charge in [-0.15, -0.1) is 0 Å². The van der Waals surface area contributed by atoms with Crippen molar-refractivity contribution >= 4 is 17.5 Å². The maximum atomic E-state index is 12.6. The van der Waals surface area contributed by atoms with Crippen LogP contribution in [0.15, 0.2) is 65.7 Å². The van der Waals surface area contributed by atoms with Crippen LogP contribution in [0.25, 0.3) is 5.65 Å². The molecule has 3 aromatic rings. The Morgan fingerprint density at radius 3 is 2.52 bits per heavy atom. The summed E-state index contributed by atoms with van der Waals surface area (Å²) in [6, 6.07) is 13.0. The van der Waals surface area contributed by atoms with Crippen molar-refractivity contribution < 1.29 is 9.59 Å². The van der Waals surface area contributed by atoms with Gasteiger partial charge in [-0.1, -0.05) is 36.4 Å². The van der Waals surface area contributed by atoms with E-state index in [0.29, 0.717) is 11.2 Å². The second-order valence-corrected chi connectivity index (χ2v) is 5.34. The summed E-state index contributed by atoms with van der Waals surface area (Å²) in [6.45, 7) is 0. The van der Waals surface area contributed by atoms with Crippen molar-refractivity contribution in [1.29, 1.82) is 0 Å². The number of rotatable bonds is 4. The van der Waals surface area contributed by atoms with Gasteiger partial charge in [-0.25, -0.2) is 4.98 Å². The second kappa shape index (κ2) is 6.96. The zero-order valence-corrected chi connectivity index (χ0v) is 13.5. The third-order valence-electron chi connectivity index (χ3n) is 3.78. The van der Waals surface area contributed by atoms with Gasteiger partial charge in [-0.2, -0.15) is 0 Å². The molecule has 0 aliphatic heterocycles. The Morgan fingerprint density at radius 1 is 1.08 bits per heavy atom. The first-order valence-electron chi connectivity index (χ1n) is 7.65. The van der Waals surface area contributed by atoms with Crippen molar-refractivity contribution in [3.63, 3.8) is 0 Å². The number of carbonyl (C=O) groups is 2. The highest BCUT2D eigenvalue weighted by molar-refractivity contribution is 5.97. The van der Waals surface area contributed by atoms with E-state index < -0.39 is 17.5 Å². The number of nitrogens with zero attached hydrogens (tertiary/aromatic N) is 2. The number of aromatic nitrogens is 2. The lowest BCUT2D eigenvalue weighted by Crippen LogP contribution is -2.41. The van der Waals surface area contributed by atoms with E-state index >= 15 is 0 Å². The summed E-state index contributed by atoms with van der Waals surface area (Å²) < 4.78 is 1.28. The first-order valence-corrected chi connectivity index (χ1v) is 7.65. The molecule has 0 radical (unpaired) electrons. The molecule has 0 aliphatic rings. The van der Waals surface area contributed by atoms with Crippen LogP contribution in [-0.2, 0) is 4.79 Å². The van der Waals surface area contributed by atoms with Gasteiger partial charge in [0.1, 0.15) is 17.3 Å². The molecular weight excluding hydrogens is 320 g/mol. The minimum atomic E-state index is -0.908. The number of fused-ring (bicyclic) bond motifs is 1. The number of pyridine rings is 1. The minimum Gasteiger partial charge on any atom is -0.357 e. The van der Waals surface area contributed by atoms with Crippen LogP contribution < -0.4 is 16.2 Å². The van der Waals surface area contributed by atoms with Crippen LogP contribution in [0.5, 0.6) is 0 Å². The molecular formula is C18H16N4O3. The fraction of sp³-hybridized carbons (Fsp3) is 0.111. The van der Waals surface area contributed by atoms with E-state index in [0.717, 1.165) is 0 Å². The molecule has 1 unspecified atom stereocenters. The number of likely N-dealkylation sites (N-methyl/N-ethyl adjacent to an activating group) is 1. The van der Waals surface area contributed by atoms with Gasteiger partial charge in [0.15, 0.2) is 0 Å². The minimum absolute atomic E-state index is 0.131. The number of hydrogen-bond donors (Lipinski definition) is 2. The van der Waals surface area contributed by atoms with Gasteiger partial charge < -0.3 is 10.6 Å². The van der Waals surface area contributed by atoms with E-state index in [1.54, 1.807) is 42.5 Å². The summed E-state index contributed by atoms with van der Waals surface area (Å²) in [5.74, 6) is -1.04. The first-order chi connectivity index (χ1) is 12.1. The summed E-state index contributed by atoms with van der Waals surface area (Å²) in [5, 5.41) is 5.11. The third kappa shape index (κ3) is 3.25. The average molecular weight is 336 g/mol. The highest BCUT2D eigenvalue weighted by Crippen LogP contribution is 2.13. The molecule has 2 heterocycles. The summed E-state index contributed by atoms with van der Waals surface area (Å²) in [5.41, 5.74) is 0.430. The molecule has 0 saturated heterocycles. The van der Waals surface area contributed by atoms with Gasteiger partial charge in [0, 0.05) is 19.4 Å². The van der Waals surface area contributed by atoms with Gasteiger partial charge in [-0.05, 0) is 17.7 Å². The fourth-order valence-electron chi connectivity index (χ4n) is 2.48. The number of amides is 2. The lowest BCUT2D eigenvalue weighted by molar-refractivity contribution is -0.122. The van der Waals surface area contributed by atoms with Crippen molar-refractivity contribution in [3.05, 3.63) is 82.4 Å². The van der Waals surface area contributed by atoms with Crippen LogP contribution in [-0.4, -0.2) is 28.2 Å².